The van der Waals surface area contributed by atoms with E-state index >= 15 is 0 Å². The van der Waals surface area contributed by atoms with Crippen molar-refractivity contribution in [2.24, 2.45) is 5.41 Å². The van der Waals surface area contributed by atoms with Gasteiger partial charge in [-0.25, -0.2) is 13.1 Å². The Bertz CT molecular complexity index is 600. The Balaban J connectivity index is 2.15. The van der Waals surface area contributed by atoms with Gasteiger partial charge in [-0.05, 0) is 42.9 Å². The number of hydrogen-bond acceptors (Lipinski definition) is 3. The van der Waals surface area contributed by atoms with E-state index < -0.39 is 10.0 Å². The van der Waals surface area contributed by atoms with Crippen LogP contribution in [0.25, 0.3) is 0 Å². The Morgan fingerprint density at radius 2 is 1.90 bits per heavy atom. The number of hydrogen-bond donors (Lipinski definition) is 2. The molecule has 0 unspecified atom stereocenters. The molecule has 0 bridgehead atoms. The summed E-state index contributed by atoms with van der Waals surface area (Å²) in [5.74, 6) is 0. The summed E-state index contributed by atoms with van der Waals surface area (Å²) in [4.78, 5) is 0.134. The van der Waals surface area contributed by atoms with E-state index in [1.807, 2.05) is 0 Å². The van der Waals surface area contributed by atoms with Crippen molar-refractivity contribution in [1.82, 2.24) is 4.72 Å². The molecule has 0 aromatic heterocycles. The maximum Gasteiger partial charge on any atom is 0.240 e. The molecule has 1 aliphatic rings. The fourth-order valence-corrected chi connectivity index (χ4v) is 4.32. The molecule has 2 rings (SSSR count). The monoisotopic (exact) mass is 330 g/mol. The first-order chi connectivity index (χ1) is 9.73. The van der Waals surface area contributed by atoms with Gasteiger partial charge in [0.05, 0.1) is 4.90 Å². The highest BCUT2D eigenvalue weighted by Crippen LogP contribution is 2.35. The minimum atomic E-state index is -3.57. The average Bonchev–Trinajstić information content (AvgIpc) is 2.43. The zero-order chi connectivity index (χ0) is 15.7. The van der Waals surface area contributed by atoms with Gasteiger partial charge in [-0.3, -0.25) is 0 Å². The second-order valence-electron chi connectivity index (χ2n) is 6.32. The summed E-state index contributed by atoms with van der Waals surface area (Å²) in [6.45, 7) is 4.37. The van der Waals surface area contributed by atoms with Crippen molar-refractivity contribution in [3.63, 3.8) is 0 Å². The van der Waals surface area contributed by atoms with Crippen LogP contribution >= 0.6 is 11.6 Å². The largest absolute Gasteiger partial charge is 0.398 e. The van der Waals surface area contributed by atoms with E-state index in [9.17, 15) is 8.42 Å². The van der Waals surface area contributed by atoms with Crippen LogP contribution < -0.4 is 10.5 Å². The smallest absolute Gasteiger partial charge is 0.240 e. The van der Waals surface area contributed by atoms with Crippen molar-refractivity contribution >= 4 is 27.3 Å². The molecular formula is C15H23ClN2O2S. The van der Waals surface area contributed by atoms with Crippen LogP contribution in [0.1, 0.15) is 44.6 Å². The molecule has 0 aliphatic heterocycles. The van der Waals surface area contributed by atoms with Crippen LogP contribution in [0.2, 0.25) is 5.02 Å². The van der Waals surface area contributed by atoms with E-state index in [-0.39, 0.29) is 10.3 Å². The number of sulfonamides is 1. The normalized spacial score (nSPS) is 18.6. The first-order valence-electron chi connectivity index (χ1n) is 7.29. The number of anilines is 1. The Kier molecular flexibility index (Phi) is 4.85. The van der Waals surface area contributed by atoms with Crippen molar-refractivity contribution in [1.29, 1.82) is 0 Å². The van der Waals surface area contributed by atoms with Crippen molar-refractivity contribution in [2.45, 2.75) is 50.8 Å². The van der Waals surface area contributed by atoms with E-state index in [0.717, 1.165) is 12.8 Å². The van der Waals surface area contributed by atoms with Gasteiger partial charge in [0.25, 0.3) is 0 Å². The van der Waals surface area contributed by atoms with Crippen LogP contribution in [0.5, 0.6) is 0 Å². The molecule has 0 atom stereocenters. The summed E-state index contributed by atoms with van der Waals surface area (Å²) in [6.07, 6.45) is 5.70. The highest BCUT2D eigenvalue weighted by Gasteiger charge is 2.29. The van der Waals surface area contributed by atoms with Crippen molar-refractivity contribution in [2.75, 3.05) is 12.3 Å². The molecule has 1 aromatic carbocycles. The molecule has 0 saturated heterocycles. The number of nitrogen functional groups attached to an aromatic ring is 1. The molecule has 6 heteroatoms. The molecule has 0 spiro atoms. The summed E-state index contributed by atoms with van der Waals surface area (Å²) >= 11 is 6.03. The number of rotatable bonds is 4. The van der Waals surface area contributed by atoms with Crippen LogP contribution in [0, 0.1) is 12.3 Å². The predicted octanol–water partition coefficient (Wildman–Crippen LogP) is 3.48. The van der Waals surface area contributed by atoms with E-state index in [4.69, 9.17) is 17.3 Å². The Morgan fingerprint density at radius 3 is 2.48 bits per heavy atom. The van der Waals surface area contributed by atoms with Gasteiger partial charge in [-0.2, -0.15) is 0 Å². The lowest BCUT2D eigenvalue weighted by Gasteiger charge is -2.33. The maximum atomic E-state index is 12.4. The second kappa shape index (κ2) is 6.15. The van der Waals surface area contributed by atoms with Gasteiger partial charge < -0.3 is 5.73 Å². The van der Waals surface area contributed by atoms with Crippen molar-refractivity contribution in [3.8, 4) is 0 Å². The average molecular weight is 331 g/mol. The fraction of sp³-hybridized carbons (Fsp3) is 0.600. The van der Waals surface area contributed by atoms with Crippen LogP contribution in [0.3, 0.4) is 0 Å². The lowest BCUT2D eigenvalue weighted by atomic mass is 9.76. The first-order valence-corrected chi connectivity index (χ1v) is 9.15. The zero-order valence-electron chi connectivity index (χ0n) is 12.6. The maximum absolute atomic E-state index is 12.4. The third-order valence-corrected chi connectivity index (χ3v) is 6.19. The molecule has 118 valence electrons. The first kappa shape index (κ1) is 16.6. The molecule has 0 amide bonds. The minimum absolute atomic E-state index is 0.0470. The van der Waals surface area contributed by atoms with E-state index in [2.05, 4.69) is 11.6 Å². The molecule has 1 aromatic rings. The van der Waals surface area contributed by atoms with Gasteiger partial charge in [0.15, 0.2) is 0 Å². The predicted molar refractivity (Wildman–Crippen MR) is 87.0 cm³/mol. The standard InChI is InChI=1S/C15H23ClN2O2S/c1-11-13(16)8-12(9-14(11)17)21(19,20)18-10-15(2)6-4-3-5-7-15/h8-9,18H,3-7,10,17H2,1-2H3. The number of benzene rings is 1. The molecule has 21 heavy (non-hydrogen) atoms. The Hall–Kier alpha value is -0.780. The molecule has 1 saturated carbocycles. The SMILES string of the molecule is Cc1c(N)cc(S(=O)(=O)NCC2(C)CCCCC2)cc1Cl. The van der Waals surface area contributed by atoms with Crippen molar-refractivity contribution < 1.29 is 8.42 Å². The molecule has 1 aliphatic carbocycles. The van der Waals surface area contributed by atoms with Crippen LogP contribution in [0.4, 0.5) is 5.69 Å². The molecule has 4 nitrogen and oxygen atoms in total. The summed E-state index contributed by atoms with van der Waals surface area (Å²) in [6, 6.07) is 2.92. The Labute approximate surface area is 132 Å². The third-order valence-electron chi connectivity index (χ3n) is 4.42. The van der Waals surface area contributed by atoms with Crippen LogP contribution in [-0.2, 0) is 10.0 Å². The zero-order valence-corrected chi connectivity index (χ0v) is 14.1. The Morgan fingerprint density at radius 1 is 1.29 bits per heavy atom. The second-order valence-corrected chi connectivity index (χ2v) is 8.49. The van der Waals surface area contributed by atoms with Gasteiger partial charge >= 0.3 is 0 Å². The molecule has 0 heterocycles. The summed E-state index contributed by atoms with van der Waals surface area (Å²) in [5, 5.41) is 0.374. The topological polar surface area (TPSA) is 72.2 Å². The van der Waals surface area contributed by atoms with Crippen LogP contribution in [-0.4, -0.2) is 15.0 Å². The van der Waals surface area contributed by atoms with Crippen LogP contribution in [0.15, 0.2) is 17.0 Å². The molecule has 3 N–H and O–H groups in total. The highest BCUT2D eigenvalue weighted by molar-refractivity contribution is 7.89. The summed E-state index contributed by atoms with van der Waals surface area (Å²) in [7, 11) is -3.57. The van der Waals surface area contributed by atoms with Gasteiger partial charge in [-0.15, -0.1) is 0 Å². The molecule has 1 fully saturated rings. The fourth-order valence-electron chi connectivity index (χ4n) is 2.76. The van der Waals surface area contributed by atoms with Gasteiger partial charge in [0.2, 0.25) is 10.0 Å². The molecular weight excluding hydrogens is 308 g/mol. The quantitative estimate of drug-likeness (QED) is 0.830. The summed E-state index contributed by atoms with van der Waals surface area (Å²) in [5.41, 5.74) is 6.95. The van der Waals surface area contributed by atoms with Gasteiger partial charge in [-0.1, -0.05) is 37.8 Å². The van der Waals surface area contributed by atoms with E-state index in [1.54, 1.807) is 6.92 Å². The minimum Gasteiger partial charge on any atom is -0.398 e. The molecule has 0 radical (unpaired) electrons. The van der Waals surface area contributed by atoms with Gasteiger partial charge in [0, 0.05) is 17.3 Å². The van der Waals surface area contributed by atoms with E-state index in [1.165, 1.54) is 31.4 Å². The lowest BCUT2D eigenvalue weighted by molar-refractivity contribution is 0.219. The number of nitrogens with one attached hydrogen (secondary N) is 1. The third kappa shape index (κ3) is 3.90. The lowest BCUT2D eigenvalue weighted by Crippen LogP contribution is -2.37. The number of halogens is 1. The number of nitrogens with two attached hydrogens (primary N) is 1. The highest BCUT2D eigenvalue weighted by atomic mass is 35.5. The summed E-state index contributed by atoms with van der Waals surface area (Å²) < 4.78 is 27.5. The van der Waals surface area contributed by atoms with Gasteiger partial charge in [0.1, 0.15) is 0 Å². The van der Waals surface area contributed by atoms with Crippen molar-refractivity contribution in [3.05, 3.63) is 22.7 Å². The van der Waals surface area contributed by atoms with E-state index in [0.29, 0.717) is 22.8 Å².